The standard InChI is InChI=1S/C26H29N5O/c1-2-3-7-24-18-31(23-8-5-4-6-9-23)26(32)19-29(24)17-25-15-28-20-30(25)16-22-12-10-21(14-27)11-13-22/h4-6,8-13,15,20,24H,2-3,7,16-19H2,1H3/t24-/m0/s1. The maximum absolute atomic E-state index is 13.0. The molecule has 0 aliphatic carbocycles. The molecule has 1 aliphatic heterocycles. The first-order chi connectivity index (χ1) is 15.7. The Labute approximate surface area is 189 Å². The summed E-state index contributed by atoms with van der Waals surface area (Å²) in [7, 11) is 0. The summed E-state index contributed by atoms with van der Waals surface area (Å²) >= 11 is 0. The second-order valence-electron chi connectivity index (χ2n) is 8.36. The molecule has 0 spiro atoms. The first kappa shape index (κ1) is 21.8. The van der Waals surface area contributed by atoms with Crippen LogP contribution in [0.2, 0.25) is 0 Å². The van der Waals surface area contributed by atoms with Crippen LogP contribution in [-0.2, 0) is 17.9 Å². The van der Waals surface area contributed by atoms with E-state index in [1.807, 2.05) is 72.0 Å². The predicted octanol–water partition coefficient (Wildman–Crippen LogP) is 4.21. The molecule has 4 rings (SSSR count). The Hall–Kier alpha value is -3.43. The summed E-state index contributed by atoms with van der Waals surface area (Å²) in [5, 5.41) is 9.01. The van der Waals surface area contributed by atoms with Crippen LogP contribution < -0.4 is 4.90 Å². The number of para-hydroxylation sites is 1. The molecular weight excluding hydrogens is 398 g/mol. The number of imidazole rings is 1. The van der Waals surface area contributed by atoms with Gasteiger partial charge in [0, 0.05) is 37.6 Å². The van der Waals surface area contributed by atoms with Gasteiger partial charge in [-0.25, -0.2) is 4.98 Å². The molecular formula is C26H29N5O. The van der Waals surface area contributed by atoms with Gasteiger partial charge in [0.05, 0.1) is 30.2 Å². The minimum atomic E-state index is 0.141. The number of anilines is 1. The Morgan fingerprint density at radius 2 is 1.88 bits per heavy atom. The number of amides is 1. The summed E-state index contributed by atoms with van der Waals surface area (Å²) in [6, 6.07) is 20.1. The number of piperazine rings is 1. The molecule has 1 fully saturated rings. The summed E-state index contributed by atoms with van der Waals surface area (Å²) < 4.78 is 2.13. The number of carbonyl (C=O) groups is 1. The average molecular weight is 428 g/mol. The zero-order valence-electron chi connectivity index (χ0n) is 18.5. The number of unbranched alkanes of at least 4 members (excludes halogenated alkanes) is 1. The van der Waals surface area contributed by atoms with E-state index in [-0.39, 0.29) is 5.91 Å². The van der Waals surface area contributed by atoms with Gasteiger partial charge in [0.15, 0.2) is 0 Å². The molecule has 0 N–H and O–H groups in total. The fourth-order valence-electron chi connectivity index (χ4n) is 4.28. The molecule has 2 aromatic carbocycles. The number of nitriles is 1. The first-order valence-corrected chi connectivity index (χ1v) is 11.3. The quantitative estimate of drug-likeness (QED) is 0.540. The average Bonchev–Trinajstić information content (AvgIpc) is 3.26. The van der Waals surface area contributed by atoms with Crippen molar-refractivity contribution in [2.75, 3.05) is 18.0 Å². The number of aromatic nitrogens is 2. The van der Waals surface area contributed by atoms with Gasteiger partial charge in [-0.05, 0) is 36.2 Å². The number of hydrogen-bond donors (Lipinski definition) is 0. The van der Waals surface area contributed by atoms with Crippen LogP contribution in [0.1, 0.15) is 43.0 Å². The molecule has 1 atom stereocenters. The zero-order valence-corrected chi connectivity index (χ0v) is 18.5. The maximum atomic E-state index is 13.0. The van der Waals surface area contributed by atoms with E-state index >= 15 is 0 Å². The van der Waals surface area contributed by atoms with Crippen molar-refractivity contribution in [2.45, 2.75) is 45.3 Å². The molecule has 1 saturated heterocycles. The fraction of sp³-hybridized carbons (Fsp3) is 0.346. The highest BCUT2D eigenvalue weighted by molar-refractivity contribution is 5.95. The van der Waals surface area contributed by atoms with E-state index in [1.54, 1.807) is 0 Å². The van der Waals surface area contributed by atoms with Crippen LogP contribution >= 0.6 is 0 Å². The van der Waals surface area contributed by atoms with Crippen LogP contribution in [0.15, 0.2) is 67.1 Å². The van der Waals surface area contributed by atoms with E-state index in [2.05, 4.69) is 27.4 Å². The summed E-state index contributed by atoms with van der Waals surface area (Å²) in [6.45, 7) is 4.72. The Kier molecular flexibility index (Phi) is 6.98. The van der Waals surface area contributed by atoms with E-state index in [9.17, 15) is 4.79 Å². The van der Waals surface area contributed by atoms with Crippen LogP contribution in [0.3, 0.4) is 0 Å². The Morgan fingerprint density at radius 3 is 2.59 bits per heavy atom. The van der Waals surface area contributed by atoms with E-state index in [0.29, 0.717) is 37.8 Å². The largest absolute Gasteiger partial charge is 0.329 e. The van der Waals surface area contributed by atoms with Gasteiger partial charge in [-0.15, -0.1) is 0 Å². The molecule has 0 unspecified atom stereocenters. The lowest BCUT2D eigenvalue weighted by atomic mass is 10.0. The highest BCUT2D eigenvalue weighted by Gasteiger charge is 2.32. The third-order valence-electron chi connectivity index (χ3n) is 6.11. The maximum Gasteiger partial charge on any atom is 0.241 e. The summed E-state index contributed by atoms with van der Waals surface area (Å²) in [4.78, 5) is 21.6. The predicted molar refractivity (Wildman–Crippen MR) is 125 cm³/mol. The van der Waals surface area contributed by atoms with Crippen molar-refractivity contribution >= 4 is 11.6 Å². The van der Waals surface area contributed by atoms with Crippen LogP contribution in [0.4, 0.5) is 5.69 Å². The molecule has 6 heteroatoms. The molecule has 32 heavy (non-hydrogen) atoms. The van der Waals surface area contributed by atoms with Crippen molar-refractivity contribution in [3.63, 3.8) is 0 Å². The number of rotatable bonds is 8. The zero-order chi connectivity index (χ0) is 22.3. The summed E-state index contributed by atoms with van der Waals surface area (Å²) in [5.41, 5.74) is 3.85. The van der Waals surface area contributed by atoms with Gasteiger partial charge in [-0.2, -0.15) is 5.26 Å². The SMILES string of the molecule is CCCC[C@H]1CN(c2ccccc2)C(=O)CN1Cc1cncn1Cc1ccc(C#N)cc1. The van der Waals surface area contributed by atoms with Gasteiger partial charge in [0.1, 0.15) is 0 Å². The normalized spacial score (nSPS) is 16.8. The van der Waals surface area contributed by atoms with Crippen molar-refractivity contribution in [1.82, 2.24) is 14.5 Å². The van der Waals surface area contributed by atoms with Crippen LogP contribution in [0, 0.1) is 11.3 Å². The highest BCUT2D eigenvalue weighted by atomic mass is 16.2. The highest BCUT2D eigenvalue weighted by Crippen LogP contribution is 2.24. The van der Waals surface area contributed by atoms with Crippen LogP contribution in [-0.4, -0.2) is 39.5 Å². The second-order valence-corrected chi connectivity index (χ2v) is 8.36. The smallest absolute Gasteiger partial charge is 0.241 e. The van der Waals surface area contributed by atoms with Gasteiger partial charge in [-0.1, -0.05) is 50.1 Å². The van der Waals surface area contributed by atoms with Crippen molar-refractivity contribution < 1.29 is 4.79 Å². The lowest BCUT2D eigenvalue weighted by molar-refractivity contribution is -0.122. The van der Waals surface area contributed by atoms with Crippen LogP contribution in [0.5, 0.6) is 0 Å². The first-order valence-electron chi connectivity index (χ1n) is 11.3. The van der Waals surface area contributed by atoms with E-state index < -0.39 is 0 Å². The van der Waals surface area contributed by atoms with Gasteiger partial charge < -0.3 is 9.47 Å². The molecule has 164 valence electrons. The third-order valence-corrected chi connectivity index (χ3v) is 6.11. The number of nitrogens with zero attached hydrogens (tertiary/aromatic N) is 5. The van der Waals surface area contributed by atoms with E-state index in [0.717, 1.165) is 36.2 Å². The molecule has 6 nitrogen and oxygen atoms in total. The van der Waals surface area contributed by atoms with Gasteiger partial charge >= 0.3 is 0 Å². The summed E-state index contributed by atoms with van der Waals surface area (Å²) in [5.74, 6) is 0.141. The molecule has 0 bridgehead atoms. The van der Waals surface area contributed by atoms with Gasteiger partial charge in [0.2, 0.25) is 5.91 Å². The Bertz CT molecular complexity index is 1070. The Morgan fingerprint density at radius 1 is 1.09 bits per heavy atom. The minimum absolute atomic E-state index is 0.141. The van der Waals surface area contributed by atoms with Gasteiger partial charge in [0.25, 0.3) is 0 Å². The third kappa shape index (κ3) is 5.06. The lowest BCUT2D eigenvalue weighted by Gasteiger charge is -2.41. The Balaban J connectivity index is 1.49. The van der Waals surface area contributed by atoms with E-state index in [4.69, 9.17) is 5.26 Å². The molecule has 0 saturated carbocycles. The molecule has 1 amide bonds. The topological polar surface area (TPSA) is 65.2 Å². The van der Waals surface area contributed by atoms with Gasteiger partial charge in [-0.3, -0.25) is 9.69 Å². The lowest BCUT2D eigenvalue weighted by Crippen LogP contribution is -2.56. The van der Waals surface area contributed by atoms with Crippen molar-refractivity contribution in [2.24, 2.45) is 0 Å². The van der Waals surface area contributed by atoms with Crippen molar-refractivity contribution in [1.29, 1.82) is 5.26 Å². The molecule has 3 aromatic rings. The van der Waals surface area contributed by atoms with Crippen LogP contribution in [0.25, 0.3) is 0 Å². The monoisotopic (exact) mass is 427 g/mol. The summed E-state index contributed by atoms with van der Waals surface area (Å²) in [6.07, 6.45) is 7.09. The van der Waals surface area contributed by atoms with Crippen molar-refractivity contribution in [3.8, 4) is 6.07 Å². The van der Waals surface area contributed by atoms with E-state index in [1.165, 1.54) is 0 Å². The van der Waals surface area contributed by atoms with Crippen molar-refractivity contribution in [3.05, 3.63) is 83.9 Å². The second kappa shape index (κ2) is 10.3. The number of carbonyl (C=O) groups excluding carboxylic acids is 1. The minimum Gasteiger partial charge on any atom is -0.329 e. The number of hydrogen-bond acceptors (Lipinski definition) is 4. The molecule has 2 heterocycles. The molecule has 1 aliphatic rings. The molecule has 0 radical (unpaired) electrons. The molecule has 1 aromatic heterocycles. The number of benzene rings is 2. The fourth-order valence-corrected chi connectivity index (χ4v) is 4.28.